The highest BCUT2D eigenvalue weighted by Crippen LogP contribution is 2.26. The Labute approximate surface area is 61.2 Å². The van der Waals surface area contributed by atoms with Gasteiger partial charge in [-0.2, -0.15) is 0 Å². The first-order valence-electron chi connectivity index (χ1n) is 2.89. The predicted molar refractivity (Wildman–Crippen MR) is 45.5 cm³/mol. The first-order chi connectivity index (χ1) is 3.62. The lowest BCUT2D eigenvalue weighted by molar-refractivity contribution is 0.408. The van der Waals surface area contributed by atoms with Gasteiger partial charge >= 0.3 is 0 Å². The van der Waals surface area contributed by atoms with Gasteiger partial charge in [-0.15, -0.1) is 11.7 Å². The van der Waals surface area contributed by atoms with Crippen LogP contribution in [0.2, 0.25) is 0 Å². The highest BCUT2D eigenvalue weighted by molar-refractivity contribution is 8.68. The van der Waals surface area contributed by atoms with Crippen molar-refractivity contribution in [1.82, 2.24) is 0 Å². The molecule has 0 saturated carbocycles. The zero-order valence-corrected chi connectivity index (χ0v) is 7.48. The van der Waals surface area contributed by atoms with E-state index in [1.54, 1.807) is 10.8 Å². The van der Waals surface area contributed by atoms with Crippen molar-refractivity contribution in [3.8, 4) is 0 Å². The van der Waals surface area contributed by atoms with Gasteiger partial charge in [0.25, 0.3) is 0 Å². The molecule has 2 heteroatoms. The van der Waals surface area contributed by atoms with Gasteiger partial charge in [-0.25, -0.2) is 0 Å². The molecule has 0 atom stereocenters. The number of hydrogen-bond donors (Lipinski definition) is 1. The summed E-state index contributed by atoms with van der Waals surface area (Å²) in [6, 6.07) is 0. The van der Waals surface area contributed by atoms with E-state index in [9.17, 15) is 0 Å². The molecular weight excluding hydrogens is 136 g/mol. The van der Waals surface area contributed by atoms with Crippen LogP contribution in [0.15, 0.2) is 0 Å². The summed E-state index contributed by atoms with van der Waals surface area (Å²) in [5.41, 5.74) is 0.479. The van der Waals surface area contributed by atoms with Crippen LogP contribution < -0.4 is 0 Å². The Kier molecular flexibility index (Phi) is 4.00. The van der Waals surface area contributed by atoms with Crippen LogP contribution in [0, 0.1) is 5.41 Å². The highest BCUT2D eigenvalue weighted by atomic mass is 33.1. The van der Waals surface area contributed by atoms with Gasteiger partial charge in [-0.1, -0.05) is 38.0 Å². The summed E-state index contributed by atoms with van der Waals surface area (Å²) in [6.07, 6.45) is 1.24. The maximum Gasteiger partial charge on any atom is 0.00857 e. The maximum atomic E-state index is 4.08. The minimum atomic E-state index is 0.479. The second-order valence-electron chi connectivity index (χ2n) is 2.79. The minimum Gasteiger partial charge on any atom is -0.111 e. The molecule has 0 N–H and O–H groups in total. The Morgan fingerprint density at radius 1 is 1.50 bits per heavy atom. The van der Waals surface area contributed by atoms with Crippen LogP contribution in [0.1, 0.15) is 27.2 Å². The van der Waals surface area contributed by atoms with Gasteiger partial charge in [0.2, 0.25) is 0 Å². The molecule has 0 radical (unpaired) electrons. The van der Waals surface area contributed by atoms with Crippen molar-refractivity contribution in [2.75, 3.05) is 5.75 Å². The first kappa shape index (κ1) is 8.70. The highest BCUT2D eigenvalue weighted by Gasteiger charge is 2.12. The van der Waals surface area contributed by atoms with Crippen LogP contribution in [-0.2, 0) is 0 Å². The zero-order valence-electron chi connectivity index (χ0n) is 5.77. The third-order valence-corrected chi connectivity index (χ3v) is 2.71. The minimum absolute atomic E-state index is 0.479. The quantitative estimate of drug-likeness (QED) is 0.476. The molecule has 0 amide bonds. The fourth-order valence-corrected chi connectivity index (χ4v) is 1.88. The van der Waals surface area contributed by atoms with Crippen molar-refractivity contribution in [2.24, 2.45) is 5.41 Å². The first-order valence-corrected chi connectivity index (χ1v) is 4.92. The molecule has 0 heterocycles. The van der Waals surface area contributed by atoms with E-state index in [2.05, 4.69) is 32.4 Å². The van der Waals surface area contributed by atoms with Crippen LogP contribution in [0.4, 0.5) is 0 Å². The normalized spacial score (nSPS) is 12.0. The maximum absolute atomic E-state index is 4.08. The van der Waals surface area contributed by atoms with Crippen molar-refractivity contribution in [2.45, 2.75) is 27.2 Å². The average molecular weight is 150 g/mol. The van der Waals surface area contributed by atoms with E-state index >= 15 is 0 Å². The summed E-state index contributed by atoms with van der Waals surface area (Å²) in [5, 5.41) is 0. The molecule has 0 aromatic rings. The van der Waals surface area contributed by atoms with Gasteiger partial charge in [0, 0.05) is 5.75 Å². The smallest absolute Gasteiger partial charge is 0.00857 e. The van der Waals surface area contributed by atoms with Crippen LogP contribution in [0.3, 0.4) is 0 Å². The third-order valence-electron chi connectivity index (χ3n) is 1.41. The fraction of sp³-hybridized carbons (Fsp3) is 1.00. The van der Waals surface area contributed by atoms with Gasteiger partial charge in [-0.05, 0) is 5.41 Å². The Bertz CT molecular complexity index is 59.5. The summed E-state index contributed by atoms with van der Waals surface area (Å²) in [6.45, 7) is 6.73. The Morgan fingerprint density at radius 3 is 2.12 bits per heavy atom. The summed E-state index contributed by atoms with van der Waals surface area (Å²) in [7, 11) is 1.63. The number of hydrogen-bond acceptors (Lipinski definition) is 2. The molecule has 0 rings (SSSR count). The Balaban J connectivity index is 3.37. The molecule has 0 aliphatic carbocycles. The molecule has 50 valence electrons. The topological polar surface area (TPSA) is 0 Å². The van der Waals surface area contributed by atoms with Gasteiger partial charge in [-0.3, -0.25) is 0 Å². The summed E-state index contributed by atoms with van der Waals surface area (Å²) < 4.78 is 0. The monoisotopic (exact) mass is 150 g/mol. The van der Waals surface area contributed by atoms with Crippen molar-refractivity contribution >= 4 is 22.5 Å². The van der Waals surface area contributed by atoms with E-state index < -0.39 is 0 Å². The molecule has 0 unspecified atom stereocenters. The van der Waals surface area contributed by atoms with Crippen molar-refractivity contribution in [3.05, 3.63) is 0 Å². The lowest BCUT2D eigenvalue weighted by Crippen LogP contribution is -2.11. The van der Waals surface area contributed by atoms with Crippen LogP contribution in [-0.4, -0.2) is 5.75 Å². The molecule has 0 nitrogen and oxygen atoms in total. The summed E-state index contributed by atoms with van der Waals surface area (Å²) >= 11 is 4.08. The molecule has 0 spiro atoms. The standard InChI is InChI=1S/C6H14S2/c1-4-6(2,3)5-8-7/h7H,4-5H2,1-3H3. The lowest BCUT2D eigenvalue weighted by atomic mass is 9.93. The molecule has 0 bridgehead atoms. The SMILES string of the molecule is CCC(C)(C)CSS. The van der Waals surface area contributed by atoms with Gasteiger partial charge in [0.1, 0.15) is 0 Å². The molecule has 0 aromatic heterocycles. The Hall–Kier alpha value is 0.700. The fourth-order valence-electron chi connectivity index (χ4n) is 0.277. The molecular formula is C6H14S2. The predicted octanol–water partition coefficient (Wildman–Crippen LogP) is 3.00. The average Bonchev–Trinajstić information content (AvgIpc) is 1.67. The van der Waals surface area contributed by atoms with E-state index in [-0.39, 0.29) is 0 Å². The molecule has 0 aliphatic rings. The van der Waals surface area contributed by atoms with Crippen molar-refractivity contribution in [1.29, 1.82) is 0 Å². The number of thiol groups is 1. The van der Waals surface area contributed by atoms with Crippen LogP contribution >= 0.6 is 22.5 Å². The van der Waals surface area contributed by atoms with Crippen molar-refractivity contribution in [3.63, 3.8) is 0 Å². The van der Waals surface area contributed by atoms with E-state index in [0.29, 0.717) is 5.41 Å². The third kappa shape index (κ3) is 3.67. The van der Waals surface area contributed by atoms with E-state index in [0.717, 1.165) is 5.75 Å². The molecule has 8 heavy (non-hydrogen) atoms. The van der Waals surface area contributed by atoms with Crippen LogP contribution in [0.25, 0.3) is 0 Å². The van der Waals surface area contributed by atoms with Crippen LogP contribution in [0.5, 0.6) is 0 Å². The number of rotatable bonds is 3. The lowest BCUT2D eigenvalue weighted by Gasteiger charge is -2.19. The van der Waals surface area contributed by atoms with Gasteiger partial charge in [0.05, 0.1) is 0 Å². The van der Waals surface area contributed by atoms with Gasteiger partial charge < -0.3 is 0 Å². The molecule has 0 aromatic carbocycles. The summed E-state index contributed by atoms with van der Waals surface area (Å²) in [4.78, 5) is 0. The van der Waals surface area contributed by atoms with E-state index in [1.165, 1.54) is 6.42 Å². The van der Waals surface area contributed by atoms with E-state index in [1.807, 2.05) is 0 Å². The Morgan fingerprint density at radius 2 is 2.00 bits per heavy atom. The zero-order chi connectivity index (χ0) is 6.62. The summed E-state index contributed by atoms with van der Waals surface area (Å²) in [5.74, 6) is 1.15. The van der Waals surface area contributed by atoms with E-state index in [4.69, 9.17) is 0 Å². The molecule has 0 saturated heterocycles. The van der Waals surface area contributed by atoms with Crippen molar-refractivity contribution < 1.29 is 0 Å². The molecule has 0 aliphatic heterocycles. The largest absolute Gasteiger partial charge is 0.111 e. The second-order valence-corrected chi connectivity index (χ2v) is 4.11. The molecule has 0 fully saturated rings. The van der Waals surface area contributed by atoms with Gasteiger partial charge in [0.15, 0.2) is 0 Å². The second kappa shape index (κ2) is 3.67.